The Kier molecular flexibility index (Phi) is 4.23. The molecular weight excluding hydrogens is 264 g/mol. The van der Waals surface area contributed by atoms with E-state index in [-0.39, 0.29) is 0 Å². The Bertz CT molecular complexity index is 557. The first-order valence-corrected chi connectivity index (χ1v) is 7.31. The minimum absolute atomic E-state index is 0.554. The Morgan fingerprint density at radius 2 is 1.62 bits per heavy atom. The molecule has 3 rings (SSSR count). The molecule has 0 aliphatic carbocycles. The molecule has 0 spiro atoms. The normalized spacial score (nSPS) is 16.8. The fourth-order valence-electron chi connectivity index (χ4n) is 2.54. The molecule has 1 fully saturated rings. The lowest BCUT2D eigenvalue weighted by Crippen LogP contribution is -2.29. The molecule has 1 aliphatic heterocycles. The van der Waals surface area contributed by atoms with Crippen molar-refractivity contribution in [1.29, 1.82) is 0 Å². The quantitative estimate of drug-likeness (QED) is 0.838. The van der Waals surface area contributed by atoms with Gasteiger partial charge in [0.25, 0.3) is 0 Å². The number of hydrogen-bond donors (Lipinski definition) is 0. The largest absolute Gasteiger partial charge is 0.493 e. The van der Waals surface area contributed by atoms with Crippen LogP contribution in [0.25, 0.3) is 0 Å². The average molecular weight is 284 g/mol. The highest BCUT2D eigenvalue weighted by Crippen LogP contribution is 2.34. The van der Waals surface area contributed by atoms with Crippen LogP contribution in [-0.2, 0) is 15.3 Å². The molecule has 0 radical (unpaired) electrons. The topological polar surface area (TPSA) is 27.7 Å². The third-order valence-corrected chi connectivity index (χ3v) is 3.69. The van der Waals surface area contributed by atoms with Crippen LogP contribution >= 0.6 is 0 Å². The molecule has 1 saturated heterocycles. The number of aryl methyl sites for hydroxylation is 1. The van der Waals surface area contributed by atoms with Crippen molar-refractivity contribution in [3.8, 4) is 5.75 Å². The van der Waals surface area contributed by atoms with Gasteiger partial charge in [0.2, 0.25) is 0 Å². The van der Waals surface area contributed by atoms with Gasteiger partial charge in [-0.3, -0.25) is 0 Å². The lowest BCUT2D eigenvalue weighted by Gasteiger charge is -2.27. The molecule has 0 atom stereocenters. The highest BCUT2D eigenvalue weighted by Gasteiger charge is 2.38. The molecule has 0 amide bonds. The molecule has 0 bridgehead atoms. The zero-order valence-corrected chi connectivity index (χ0v) is 12.2. The van der Waals surface area contributed by atoms with E-state index >= 15 is 0 Å². The van der Waals surface area contributed by atoms with Crippen molar-refractivity contribution >= 4 is 0 Å². The summed E-state index contributed by atoms with van der Waals surface area (Å²) in [6, 6.07) is 18.1. The molecule has 0 unspecified atom stereocenters. The van der Waals surface area contributed by atoms with E-state index < -0.39 is 5.79 Å². The van der Waals surface area contributed by atoms with Crippen LogP contribution < -0.4 is 4.74 Å². The molecule has 0 aromatic heterocycles. The van der Waals surface area contributed by atoms with Crippen molar-refractivity contribution in [3.05, 3.63) is 65.7 Å². The van der Waals surface area contributed by atoms with E-state index in [2.05, 4.69) is 6.92 Å². The van der Waals surface area contributed by atoms with Crippen molar-refractivity contribution in [1.82, 2.24) is 0 Å². The molecule has 110 valence electrons. The van der Waals surface area contributed by atoms with Gasteiger partial charge in [-0.25, -0.2) is 0 Å². The Balaban J connectivity index is 1.65. The van der Waals surface area contributed by atoms with Crippen LogP contribution in [0.2, 0.25) is 0 Å². The second kappa shape index (κ2) is 6.29. The third-order valence-electron chi connectivity index (χ3n) is 3.69. The Hall–Kier alpha value is -1.84. The van der Waals surface area contributed by atoms with Crippen molar-refractivity contribution in [3.63, 3.8) is 0 Å². The zero-order chi connectivity index (χ0) is 14.5. The SMILES string of the molecule is Cc1ccc(OCCC2(c3ccccc3)OCCO2)cc1. The fourth-order valence-corrected chi connectivity index (χ4v) is 2.54. The molecule has 3 nitrogen and oxygen atoms in total. The zero-order valence-electron chi connectivity index (χ0n) is 12.2. The van der Waals surface area contributed by atoms with Crippen LogP contribution in [0, 0.1) is 6.92 Å². The van der Waals surface area contributed by atoms with Gasteiger partial charge >= 0.3 is 0 Å². The summed E-state index contributed by atoms with van der Waals surface area (Å²) in [6.45, 7) is 3.87. The van der Waals surface area contributed by atoms with E-state index in [4.69, 9.17) is 14.2 Å². The van der Waals surface area contributed by atoms with Crippen LogP contribution in [-0.4, -0.2) is 19.8 Å². The van der Waals surface area contributed by atoms with Crippen LogP contribution in [0.1, 0.15) is 17.5 Å². The number of benzene rings is 2. The second-order valence-corrected chi connectivity index (χ2v) is 5.23. The summed E-state index contributed by atoms with van der Waals surface area (Å²) in [5.41, 5.74) is 2.28. The van der Waals surface area contributed by atoms with Gasteiger partial charge in [0, 0.05) is 12.0 Å². The Morgan fingerprint density at radius 1 is 0.952 bits per heavy atom. The molecular formula is C18H20O3. The van der Waals surface area contributed by atoms with E-state index in [9.17, 15) is 0 Å². The van der Waals surface area contributed by atoms with Gasteiger partial charge in [-0.15, -0.1) is 0 Å². The van der Waals surface area contributed by atoms with E-state index in [1.807, 2.05) is 54.6 Å². The molecule has 1 aliphatic rings. The van der Waals surface area contributed by atoms with Gasteiger partial charge in [-0.1, -0.05) is 48.0 Å². The maximum absolute atomic E-state index is 5.88. The highest BCUT2D eigenvalue weighted by molar-refractivity contribution is 5.26. The van der Waals surface area contributed by atoms with Crippen LogP contribution in [0.5, 0.6) is 5.75 Å². The van der Waals surface area contributed by atoms with Crippen LogP contribution in [0.3, 0.4) is 0 Å². The Morgan fingerprint density at radius 3 is 2.29 bits per heavy atom. The van der Waals surface area contributed by atoms with E-state index in [0.717, 1.165) is 11.3 Å². The summed E-state index contributed by atoms with van der Waals surface area (Å²) < 4.78 is 17.6. The maximum Gasteiger partial charge on any atom is 0.198 e. The van der Waals surface area contributed by atoms with Gasteiger partial charge in [-0.05, 0) is 19.1 Å². The smallest absolute Gasteiger partial charge is 0.198 e. The molecule has 2 aromatic carbocycles. The van der Waals surface area contributed by atoms with E-state index in [1.165, 1.54) is 5.56 Å². The summed E-state index contributed by atoms with van der Waals surface area (Å²) in [5.74, 6) is 0.216. The summed E-state index contributed by atoms with van der Waals surface area (Å²) >= 11 is 0. The molecule has 0 N–H and O–H groups in total. The summed E-state index contributed by atoms with van der Waals surface area (Å²) in [6.07, 6.45) is 0.672. The first-order valence-electron chi connectivity index (χ1n) is 7.31. The van der Waals surface area contributed by atoms with Gasteiger partial charge < -0.3 is 14.2 Å². The molecule has 1 heterocycles. The number of hydrogen-bond acceptors (Lipinski definition) is 3. The molecule has 3 heteroatoms. The monoisotopic (exact) mass is 284 g/mol. The van der Waals surface area contributed by atoms with Gasteiger partial charge in [-0.2, -0.15) is 0 Å². The second-order valence-electron chi connectivity index (χ2n) is 5.23. The van der Waals surface area contributed by atoms with Crippen LogP contribution in [0.15, 0.2) is 54.6 Å². The molecule has 21 heavy (non-hydrogen) atoms. The van der Waals surface area contributed by atoms with Crippen LogP contribution in [0.4, 0.5) is 0 Å². The van der Waals surface area contributed by atoms with Gasteiger partial charge in [0.1, 0.15) is 5.75 Å². The first-order chi connectivity index (χ1) is 10.3. The summed E-state index contributed by atoms with van der Waals surface area (Å²) in [7, 11) is 0. The fraction of sp³-hybridized carbons (Fsp3) is 0.333. The third kappa shape index (κ3) is 3.26. The van der Waals surface area contributed by atoms with Crippen molar-refractivity contribution in [2.75, 3.05) is 19.8 Å². The lowest BCUT2D eigenvalue weighted by atomic mass is 10.0. The molecule has 2 aromatic rings. The first kappa shape index (κ1) is 14.1. The minimum atomic E-state index is -0.661. The molecule has 0 saturated carbocycles. The van der Waals surface area contributed by atoms with Gasteiger partial charge in [0.05, 0.1) is 19.8 Å². The van der Waals surface area contributed by atoms with Crippen molar-refractivity contribution < 1.29 is 14.2 Å². The van der Waals surface area contributed by atoms with E-state index in [1.54, 1.807) is 0 Å². The standard InChI is InChI=1S/C18H20O3/c1-15-7-9-17(10-8-15)19-12-11-18(20-13-14-21-18)16-5-3-2-4-6-16/h2-10H,11-14H2,1H3. The highest BCUT2D eigenvalue weighted by atomic mass is 16.7. The lowest BCUT2D eigenvalue weighted by molar-refractivity contribution is -0.174. The van der Waals surface area contributed by atoms with E-state index in [0.29, 0.717) is 26.2 Å². The minimum Gasteiger partial charge on any atom is -0.493 e. The Labute approximate surface area is 125 Å². The number of ether oxygens (including phenoxy) is 3. The summed E-state index contributed by atoms with van der Waals surface area (Å²) in [5, 5.41) is 0. The van der Waals surface area contributed by atoms with Crippen molar-refractivity contribution in [2.24, 2.45) is 0 Å². The van der Waals surface area contributed by atoms with Gasteiger partial charge in [0.15, 0.2) is 5.79 Å². The predicted octanol–water partition coefficient (Wildman–Crippen LogP) is 3.66. The van der Waals surface area contributed by atoms with Crippen molar-refractivity contribution in [2.45, 2.75) is 19.1 Å². The number of rotatable bonds is 5. The average Bonchev–Trinajstić information content (AvgIpc) is 3.00. The summed E-state index contributed by atoms with van der Waals surface area (Å²) in [4.78, 5) is 0. The predicted molar refractivity (Wildman–Crippen MR) is 81.3 cm³/mol. The maximum atomic E-state index is 5.88.